The van der Waals surface area contributed by atoms with Gasteiger partial charge in [0.15, 0.2) is 11.6 Å². The summed E-state index contributed by atoms with van der Waals surface area (Å²) in [5.74, 6) is 1.04. The van der Waals surface area contributed by atoms with Crippen molar-refractivity contribution in [3.05, 3.63) is 51.7 Å². The summed E-state index contributed by atoms with van der Waals surface area (Å²) in [7, 11) is 1.61. The Bertz CT molecular complexity index is 768. The van der Waals surface area contributed by atoms with Crippen LogP contribution in [0.4, 0.5) is 0 Å². The van der Waals surface area contributed by atoms with Gasteiger partial charge in [-0.15, -0.1) is 11.3 Å². The van der Waals surface area contributed by atoms with Crippen molar-refractivity contribution in [2.75, 3.05) is 20.2 Å². The molecule has 4 nitrogen and oxygen atoms in total. The second-order valence-electron chi connectivity index (χ2n) is 6.55. The first kappa shape index (κ1) is 17.8. The van der Waals surface area contributed by atoms with E-state index in [9.17, 15) is 9.59 Å². The summed E-state index contributed by atoms with van der Waals surface area (Å²) in [5.41, 5.74) is 1.88. The topological polar surface area (TPSA) is 46.6 Å². The van der Waals surface area contributed by atoms with Gasteiger partial charge in [-0.3, -0.25) is 14.5 Å². The van der Waals surface area contributed by atoms with E-state index in [0.29, 0.717) is 5.75 Å². The van der Waals surface area contributed by atoms with Crippen molar-refractivity contribution in [2.24, 2.45) is 5.92 Å². The third-order valence-electron chi connectivity index (χ3n) is 4.64. The molecule has 0 spiro atoms. The van der Waals surface area contributed by atoms with Gasteiger partial charge in [0.2, 0.25) is 0 Å². The largest absolute Gasteiger partial charge is 0.497 e. The molecule has 132 valence electrons. The molecule has 0 bridgehead atoms. The van der Waals surface area contributed by atoms with Crippen molar-refractivity contribution >= 4 is 22.9 Å². The lowest BCUT2D eigenvalue weighted by molar-refractivity contribution is 0.0811. The summed E-state index contributed by atoms with van der Waals surface area (Å²) in [6, 6.07) is 9.37. The van der Waals surface area contributed by atoms with Crippen LogP contribution in [-0.2, 0) is 6.54 Å². The summed E-state index contributed by atoms with van der Waals surface area (Å²) < 4.78 is 5.23. The van der Waals surface area contributed by atoms with E-state index in [0.717, 1.165) is 48.5 Å². The van der Waals surface area contributed by atoms with Crippen LogP contribution < -0.4 is 4.74 Å². The Morgan fingerprint density at radius 2 is 2.16 bits per heavy atom. The molecule has 0 unspecified atom stereocenters. The van der Waals surface area contributed by atoms with Crippen molar-refractivity contribution < 1.29 is 14.3 Å². The number of hydrogen-bond acceptors (Lipinski definition) is 5. The predicted molar refractivity (Wildman–Crippen MR) is 99.6 cm³/mol. The number of piperidine rings is 1. The van der Waals surface area contributed by atoms with Crippen LogP contribution in [0.15, 0.2) is 35.7 Å². The van der Waals surface area contributed by atoms with E-state index in [-0.39, 0.29) is 17.5 Å². The first-order chi connectivity index (χ1) is 12.1. The van der Waals surface area contributed by atoms with Gasteiger partial charge in [-0.25, -0.2) is 0 Å². The first-order valence-corrected chi connectivity index (χ1v) is 9.43. The maximum Gasteiger partial charge on any atom is 0.169 e. The average Bonchev–Trinajstić information content (AvgIpc) is 3.10. The smallest absolute Gasteiger partial charge is 0.169 e. The van der Waals surface area contributed by atoms with E-state index in [2.05, 4.69) is 4.90 Å². The van der Waals surface area contributed by atoms with Gasteiger partial charge in [0.1, 0.15) is 5.75 Å². The van der Waals surface area contributed by atoms with E-state index in [1.807, 2.05) is 35.7 Å². The zero-order chi connectivity index (χ0) is 17.8. The van der Waals surface area contributed by atoms with E-state index < -0.39 is 0 Å². The SMILES string of the molecule is COc1cccc(C(=O)[C@@H]2CCCN(Cc3csc(C(C)=O)c3)C2)c1. The molecule has 3 rings (SSSR count). The number of ketones is 2. The number of rotatable bonds is 6. The molecule has 1 saturated heterocycles. The second-order valence-corrected chi connectivity index (χ2v) is 7.46. The van der Waals surface area contributed by atoms with Gasteiger partial charge in [-0.1, -0.05) is 12.1 Å². The molecule has 1 aromatic heterocycles. The van der Waals surface area contributed by atoms with Crippen molar-refractivity contribution in [1.82, 2.24) is 4.90 Å². The quantitative estimate of drug-likeness (QED) is 0.732. The van der Waals surface area contributed by atoms with E-state index in [1.165, 1.54) is 11.3 Å². The maximum atomic E-state index is 12.8. The highest BCUT2D eigenvalue weighted by Crippen LogP contribution is 2.25. The molecule has 0 aliphatic carbocycles. The Morgan fingerprint density at radius 1 is 1.32 bits per heavy atom. The number of benzene rings is 1. The number of Topliss-reactive ketones (excluding diaryl/α,β-unsaturated/α-hetero) is 2. The minimum Gasteiger partial charge on any atom is -0.497 e. The van der Waals surface area contributed by atoms with Crippen LogP contribution in [0.1, 0.15) is 45.4 Å². The van der Waals surface area contributed by atoms with Gasteiger partial charge >= 0.3 is 0 Å². The molecule has 0 saturated carbocycles. The second kappa shape index (κ2) is 7.93. The summed E-state index contributed by atoms with van der Waals surface area (Å²) >= 11 is 1.50. The van der Waals surface area contributed by atoms with Crippen molar-refractivity contribution in [2.45, 2.75) is 26.3 Å². The van der Waals surface area contributed by atoms with E-state index in [4.69, 9.17) is 4.74 Å². The van der Waals surface area contributed by atoms with Crippen LogP contribution in [-0.4, -0.2) is 36.7 Å². The number of nitrogens with zero attached hydrogens (tertiary/aromatic N) is 1. The van der Waals surface area contributed by atoms with Gasteiger partial charge in [-0.05, 0) is 55.5 Å². The summed E-state index contributed by atoms with van der Waals surface area (Å²) in [5, 5.41) is 2.05. The lowest BCUT2D eigenvalue weighted by Gasteiger charge is -2.31. The van der Waals surface area contributed by atoms with Crippen LogP contribution in [0.5, 0.6) is 5.75 Å². The highest BCUT2D eigenvalue weighted by atomic mass is 32.1. The molecule has 1 fully saturated rings. The monoisotopic (exact) mass is 357 g/mol. The Morgan fingerprint density at radius 3 is 2.88 bits per heavy atom. The normalized spacial score (nSPS) is 18.1. The van der Waals surface area contributed by atoms with E-state index >= 15 is 0 Å². The molecule has 2 aromatic rings. The van der Waals surface area contributed by atoms with Crippen LogP contribution in [0, 0.1) is 5.92 Å². The van der Waals surface area contributed by atoms with Crippen LogP contribution >= 0.6 is 11.3 Å². The number of hydrogen-bond donors (Lipinski definition) is 0. The maximum absolute atomic E-state index is 12.8. The standard InChI is InChI=1S/C20H23NO3S/c1-14(22)19-9-15(13-25-19)11-21-8-4-6-17(12-21)20(23)16-5-3-7-18(10-16)24-2/h3,5,7,9-10,13,17H,4,6,8,11-12H2,1-2H3/t17-/m1/s1. The highest BCUT2D eigenvalue weighted by Gasteiger charge is 2.27. The zero-order valence-corrected chi connectivity index (χ0v) is 15.5. The van der Waals surface area contributed by atoms with Gasteiger partial charge in [-0.2, -0.15) is 0 Å². The summed E-state index contributed by atoms with van der Waals surface area (Å²) in [4.78, 5) is 27.4. The van der Waals surface area contributed by atoms with Crippen molar-refractivity contribution in [3.8, 4) is 5.75 Å². The highest BCUT2D eigenvalue weighted by molar-refractivity contribution is 7.12. The Hall–Kier alpha value is -1.98. The van der Waals surface area contributed by atoms with Crippen LogP contribution in [0.2, 0.25) is 0 Å². The van der Waals surface area contributed by atoms with Crippen molar-refractivity contribution in [1.29, 1.82) is 0 Å². The van der Waals surface area contributed by atoms with E-state index in [1.54, 1.807) is 14.0 Å². The predicted octanol–water partition coefficient (Wildman–Crippen LogP) is 4.05. The zero-order valence-electron chi connectivity index (χ0n) is 14.7. The fourth-order valence-corrected chi connectivity index (χ4v) is 4.13. The molecule has 2 heterocycles. The molecular weight excluding hydrogens is 334 g/mol. The number of ether oxygens (including phenoxy) is 1. The molecular formula is C20H23NO3S. The number of likely N-dealkylation sites (tertiary alicyclic amines) is 1. The summed E-state index contributed by atoms with van der Waals surface area (Å²) in [6.45, 7) is 4.15. The third kappa shape index (κ3) is 4.35. The van der Waals surface area contributed by atoms with Crippen LogP contribution in [0.25, 0.3) is 0 Å². The minimum absolute atomic E-state index is 0.0202. The minimum atomic E-state index is 0.0202. The van der Waals surface area contributed by atoms with Gasteiger partial charge in [0.25, 0.3) is 0 Å². The number of methoxy groups -OCH3 is 1. The molecule has 5 heteroatoms. The molecule has 0 radical (unpaired) electrons. The lowest BCUT2D eigenvalue weighted by atomic mass is 9.90. The van der Waals surface area contributed by atoms with Crippen molar-refractivity contribution in [3.63, 3.8) is 0 Å². The Balaban J connectivity index is 1.65. The fourth-order valence-electron chi connectivity index (χ4n) is 3.33. The van der Waals surface area contributed by atoms with Gasteiger partial charge in [0, 0.05) is 24.6 Å². The van der Waals surface area contributed by atoms with Gasteiger partial charge in [0.05, 0.1) is 12.0 Å². The third-order valence-corrected chi connectivity index (χ3v) is 5.72. The Kier molecular flexibility index (Phi) is 5.66. The molecule has 25 heavy (non-hydrogen) atoms. The molecule has 0 amide bonds. The number of carbonyl (C=O) groups excluding carboxylic acids is 2. The Labute approximate surface area is 152 Å². The first-order valence-electron chi connectivity index (χ1n) is 8.56. The van der Waals surface area contributed by atoms with Gasteiger partial charge < -0.3 is 4.74 Å². The fraction of sp³-hybridized carbons (Fsp3) is 0.400. The average molecular weight is 357 g/mol. The lowest BCUT2D eigenvalue weighted by Crippen LogP contribution is -2.38. The molecule has 1 aliphatic rings. The number of carbonyl (C=O) groups is 2. The van der Waals surface area contributed by atoms with Crippen LogP contribution in [0.3, 0.4) is 0 Å². The molecule has 1 aliphatic heterocycles. The molecule has 1 atom stereocenters. The molecule has 1 aromatic carbocycles. The summed E-state index contributed by atoms with van der Waals surface area (Å²) in [6.07, 6.45) is 1.94. The number of thiophene rings is 1. The molecule has 0 N–H and O–H groups in total.